The normalized spacial score (nSPS) is 35.1. The van der Waals surface area contributed by atoms with Crippen molar-refractivity contribution in [3.63, 3.8) is 0 Å². The van der Waals surface area contributed by atoms with E-state index in [1.54, 1.807) is 6.08 Å². The molecule has 6 atom stereocenters. The number of rotatable bonds is 2. The Kier molecular flexibility index (Phi) is 5.84. The van der Waals surface area contributed by atoms with Gasteiger partial charge >= 0.3 is 12.4 Å². The summed E-state index contributed by atoms with van der Waals surface area (Å²) in [6, 6.07) is 1.11. The monoisotopic (exact) mass is 526 g/mol. The molecule has 0 radical (unpaired) electrons. The summed E-state index contributed by atoms with van der Waals surface area (Å²) >= 11 is 0. The van der Waals surface area contributed by atoms with Gasteiger partial charge in [-0.05, 0) is 73.5 Å². The van der Waals surface area contributed by atoms with Gasteiger partial charge in [0.15, 0.2) is 0 Å². The lowest BCUT2D eigenvalue weighted by Crippen LogP contribution is -2.52. The van der Waals surface area contributed by atoms with Crippen LogP contribution in [-0.2, 0) is 21.9 Å². The summed E-state index contributed by atoms with van der Waals surface area (Å²) in [5, 5.41) is 5.18. The summed E-state index contributed by atoms with van der Waals surface area (Å²) in [5.74, 6) is -0.849. The number of alkyl halides is 6. The Morgan fingerprint density at radius 3 is 2.43 bits per heavy atom. The highest BCUT2D eigenvalue weighted by Crippen LogP contribution is 2.64. The highest BCUT2D eigenvalue weighted by molar-refractivity contribution is 5.94. The Balaban J connectivity index is 1.41. The molecule has 10 heteroatoms. The number of carbonyl (C=O) groups is 2. The molecule has 3 aliphatic carbocycles. The zero-order valence-electron chi connectivity index (χ0n) is 20.4. The van der Waals surface area contributed by atoms with E-state index in [0.29, 0.717) is 37.5 Å². The van der Waals surface area contributed by atoms with Crippen LogP contribution in [0.4, 0.5) is 32.0 Å². The molecule has 37 heavy (non-hydrogen) atoms. The lowest BCUT2D eigenvalue weighted by Gasteiger charge is -2.55. The van der Waals surface area contributed by atoms with Crippen LogP contribution in [0.3, 0.4) is 0 Å². The Bertz CT molecular complexity index is 1200. The zero-order chi connectivity index (χ0) is 27.0. The molecule has 4 aliphatic rings. The third kappa shape index (κ3) is 4.16. The van der Waals surface area contributed by atoms with E-state index in [1.165, 1.54) is 0 Å². The van der Waals surface area contributed by atoms with Crippen LogP contribution in [0.1, 0.15) is 57.1 Å². The van der Waals surface area contributed by atoms with Crippen LogP contribution in [0.2, 0.25) is 0 Å². The molecule has 0 spiro atoms. The first-order valence-corrected chi connectivity index (χ1v) is 12.4. The number of nitrogens with one attached hydrogen (secondary N) is 2. The summed E-state index contributed by atoms with van der Waals surface area (Å²) in [6.07, 6.45) is -0.905. The van der Waals surface area contributed by atoms with E-state index in [0.717, 1.165) is 18.5 Å². The van der Waals surface area contributed by atoms with E-state index in [4.69, 9.17) is 0 Å². The second kappa shape index (κ2) is 8.36. The number of allylic oxidation sites excluding steroid dienone is 2. The van der Waals surface area contributed by atoms with Crippen molar-refractivity contribution in [3.05, 3.63) is 53.3 Å². The first-order chi connectivity index (χ1) is 17.1. The molecule has 1 aliphatic heterocycles. The molecule has 4 nitrogen and oxygen atoms in total. The first kappa shape index (κ1) is 25.9. The van der Waals surface area contributed by atoms with Gasteiger partial charge < -0.3 is 10.6 Å². The molecule has 2 N–H and O–H groups in total. The zero-order valence-corrected chi connectivity index (χ0v) is 20.4. The van der Waals surface area contributed by atoms with Gasteiger partial charge in [0.25, 0.3) is 0 Å². The molecule has 200 valence electrons. The van der Waals surface area contributed by atoms with Gasteiger partial charge in [0.2, 0.25) is 11.8 Å². The molecule has 0 saturated heterocycles. The number of benzene rings is 1. The van der Waals surface area contributed by atoms with Gasteiger partial charge in [0.1, 0.15) is 0 Å². The van der Waals surface area contributed by atoms with Gasteiger partial charge in [-0.1, -0.05) is 26.0 Å². The van der Waals surface area contributed by atoms with Gasteiger partial charge in [0.05, 0.1) is 16.8 Å². The van der Waals surface area contributed by atoms with Gasteiger partial charge in [-0.15, -0.1) is 0 Å². The van der Waals surface area contributed by atoms with E-state index in [2.05, 4.69) is 17.6 Å². The fourth-order valence-electron chi connectivity index (χ4n) is 7.58. The van der Waals surface area contributed by atoms with Gasteiger partial charge in [-0.25, -0.2) is 0 Å². The maximum atomic E-state index is 13.6. The third-order valence-corrected chi connectivity index (χ3v) is 9.45. The van der Waals surface area contributed by atoms with Crippen molar-refractivity contribution in [3.8, 4) is 0 Å². The molecule has 2 saturated carbocycles. The van der Waals surface area contributed by atoms with Crippen LogP contribution < -0.4 is 10.6 Å². The topological polar surface area (TPSA) is 58.2 Å². The Labute approximate surface area is 210 Å². The summed E-state index contributed by atoms with van der Waals surface area (Å²) < 4.78 is 80.3. The van der Waals surface area contributed by atoms with Crippen LogP contribution >= 0.6 is 0 Å². The van der Waals surface area contributed by atoms with Crippen molar-refractivity contribution in [2.24, 2.45) is 34.5 Å². The standard InChI is InChI=1S/C27H28F6N2O2/c1-24-11-9-17-15(4-8-21-25(17,2)12-10-22(36)35-21)16(24)6-7-19(24)23(37)34-20-13-14(26(28,29)30)3-5-18(20)27(31,32)33/h3,5,8,10,12-13,15-17,19H,4,6-7,9,11H2,1-2H3,(H,34,37)(H,35,36)/t15?,16?,17?,19-,24+,25-/m1/s1. The molecule has 0 bridgehead atoms. The van der Waals surface area contributed by atoms with Crippen molar-refractivity contribution in [1.82, 2.24) is 5.32 Å². The quantitative estimate of drug-likeness (QED) is 0.422. The van der Waals surface area contributed by atoms with E-state index in [-0.39, 0.29) is 29.1 Å². The van der Waals surface area contributed by atoms with E-state index >= 15 is 0 Å². The molecular weight excluding hydrogens is 498 g/mol. The first-order valence-electron chi connectivity index (χ1n) is 12.4. The van der Waals surface area contributed by atoms with E-state index < -0.39 is 46.4 Å². The van der Waals surface area contributed by atoms with E-state index in [9.17, 15) is 35.9 Å². The maximum absolute atomic E-state index is 13.6. The summed E-state index contributed by atoms with van der Waals surface area (Å²) in [4.78, 5) is 25.2. The molecule has 2 fully saturated rings. The van der Waals surface area contributed by atoms with Crippen LogP contribution in [0.25, 0.3) is 0 Å². The smallest absolute Gasteiger partial charge is 0.326 e. The molecule has 2 amide bonds. The average molecular weight is 527 g/mol. The molecule has 1 aromatic rings. The lowest BCUT2D eigenvalue weighted by atomic mass is 9.50. The Hall–Kier alpha value is -2.78. The minimum Gasteiger partial charge on any atom is -0.326 e. The number of carbonyl (C=O) groups excluding carboxylic acids is 2. The summed E-state index contributed by atoms with van der Waals surface area (Å²) in [6.45, 7) is 4.09. The predicted octanol–water partition coefficient (Wildman–Crippen LogP) is 6.70. The minimum absolute atomic E-state index is 0.131. The molecule has 3 unspecified atom stereocenters. The summed E-state index contributed by atoms with van der Waals surface area (Å²) in [5.41, 5.74) is -3.36. The van der Waals surface area contributed by atoms with Crippen LogP contribution in [0.15, 0.2) is 42.1 Å². The molecule has 0 aromatic heterocycles. The molecule has 1 heterocycles. The van der Waals surface area contributed by atoms with Crippen molar-refractivity contribution < 1.29 is 35.9 Å². The fourth-order valence-corrected chi connectivity index (χ4v) is 7.58. The number of hydrogen-bond donors (Lipinski definition) is 2. The third-order valence-electron chi connectivity index (χ3n) is 9.45. The number of halogens is 6. The lowest BCUT2D eigenvalue weighted by molar-refractivity contribution is -0.141. The largest absolute Gasteiger partial charge is 0.418 e. The summed E-state index contributed by atoms with van der Waals surface area (Å²) in [7, 11) is 0. The minimum atomic E-state index is -4.92. The van der Waals surface area contributed by atoms with Gasteiger partial charge in [0, 0.05) is 23.1 Å². The number of fused-ring (bicyclic) bond motifs is 5. The Morgan fingerprint density at radius 1 is 1.03 bits per heavy atom. The fraction of sp³-hybridized carbons (Fsp3) is 0.556. The molecule has 1 aromatic carbocycles. The maximum Gasteiger partial charge on any atom is 0.418 e. The highest BCUT2D eigenvalue weighted by Gasteiger charge is 2.59. The van der Waals surface area contributed by atoms with Crippen LogP contribution in [-0.4, -0.2) is 11.8 Å². The second-order valence-corrected chi connectivity index (χ2v) is 11.3. The highest BCUT2D eigenvalue weighted by atomic mass is 19.4. The second-order valence-electron chi connectivity index (χ2n) is 11.3. The SMILES string of the molecule is C[C@]12C=CC(=O)NC1=CCC1C2CC[C@@]2(C)C1CC[C@@H]2C(=O)Nc1cc(C(F)(F)F)ccc1C(F)(F)F. The van der Waals surface area contributed by atoms with Crippen molar-refractivity contribution in [2.45, 2.75) is 58.3 Å². The van der Waals surface area contributed by atoms with Crippen LogP contribution in [0.5, 0.6) is 0 Å². The number of amides is 2. The number of hydrogen-bond acceptors (Lipinski definition) is 2. The van der Waals surface area contributed by atoms with Crippen LogP contribution in [0, 0.1) is 34.5 Å². The van der Waals surface area contributed by atoms with Gasteiger partial charge in [-0.2, -0.15) is 26.3 Å². The van der Waals surface area contributed by atoms with Gasteiger partial charge in [-0.3, -0.25) is 9.59 Å². The van der Waals surface area contributed by atoms with Crippen molar-refractivity contribution >= 4 is 17.5 Å². The Morgan fingerprint density at radius 2 is 1.76 bits per heavy atom. The molecule has 5 rings (SSSR count). The predicted molar refractivity (Wildman–Crippen MR) is 124 cm³/mol. The molecular formula is C27H28F6N2O2. The van der Waals surface area contributed by atoms with Crippen molar-refractivity contribution in [1.29, 1.82) is 0 Å². The number of anilines is 1. The van der Waals surface area contributed by atoms with Crippen molar-refractivity contribution in [2.75, 3.05) is 5.32 Å². The van der Waals surface area contributed by atoms with E-state index in [1.807, 2.05) is 19.1 Å². The average Bonchev–Trinajstić information content (AvgIpc) is 3.15.